The second kappa shape index (κ2) is 6.49. The number of para-hydroxylation sites is 1. The van der Waals surface area contributed by atoms with Crippen LogP contribution in [0.25, 0.3) is 10.4 Å². The molecule has 1 aromatic carbocycles. The average Bonchev–Trinajstić information content (AvgIpc) is 3.34. The first kappa shape index (κ1) is 16.5. The SMILES string of the molecule is Cc1noc(C2CCCN(C(=O)c3cc4c(s3)-c3ccccc3OC4)C2)n1. The van der Waals surface area contributed by atoms with E-state index in [1.807, 2.05) is 42.2 Å². The molecule has 0 bridgehead atoms. The molecule has 2 aromatic heterocycles. The van der Waals surface area contributed by atoms with Crippen LogP contribution in [0.5, 0.6) is 5.75 Å². The maximum absolute atomic E-state index is 13.1. The third-order valence-electron chi connectivity index (χ3n) is 5.14. The molecule has 2 aliphatic heterocycles. The lowest BCUT2D eigenvalue weighted by Gasteiger charge is -2.30. The molecule has 1 atom stereocenters. The number of nitrogens with zero attached hydrogens (tertiary/aromatic N) is 3. The molecule has 4 heterocycles. The zero-order valence-corrected chi connectivity index (χ0v) is 15.8. The van der Waals surface area contributed by atoms with Crippen molar-refractivity contribution in [3.05, 3.63) is 52.5 Å². The van der Waals surface area contributed by atoms with Crippen LogP contribution in [0.1, 0.15) is 45.7 Å². The zero-order chi connectivity index (χ0) is 18.4. The minimum absolute atomic E-state index is 0.0767. The van der Waals surface area contributed by atoms with Crippen LogP contribution in [0.4, 0.5) is 0 Å². The van der Waals surface area contributed by atoms with Crippen molar-refractivity contribution < 1.29 is 14.1 Å². The number of carbonyl (C=O) groups is 1. The van der Waals surface area contributed by atoms with Crippen LogP contribution >= 0.6 is 11.3 Å². The number of ether oxygens (including phenoxy) is 1. The molecule has 0 radical (unpaired) electrons. The molecule has 0 N–H and O–H groups in total. The largest absolute Gasteiger partial charge is 0.488 e. The fraction of sp³-hybridized carbons (Fsp3) is 0.350. The molecule has 1 unspecified atom stereocenters. The Labute approximate surface area is 160 Å². The van der Waals surface area contributed by atoms with Gasteiger partial charge in [-0.3, -0.25) is 4.79 Å². The first-order valence-electron chi connectivity index (χ1n) is 9.13. The lowest BCUT2D eigenvalue weighted by molar-refractivity contribution is 0.0700. The van der Waals surface area contributed by atoms with Gasteiger partial charge in [-0.25, -0.2) is 0 Å². The number of rotatable bonds is 2. The fourth-order valence-corrected chi connectivity index (χ4v) is 4.97. The molecule has 7 heteroatoms. The Balaban J connectivity index is 1.40. The van der Waals surface area contributed by atoms with Crippen molar-refractivity contribution in [2.24, 2.45) is 0 Å². The van der Waals surface area contributed by atoms with E-state index >= 15 is 0 Å². The molecule has 138 valence electrons. The number of likely N-dealkylation sites (tertiary alicyclic amines) is 1. The molecule has 1 fully saturated rings. The molecule has 0 saturated carbocycles. The summed E-state index contributed by atoms with van der Waals surface area (Å²) in [6.45, 7) is 3.71. The van der Waals surface area contributed by atoms with Crippen molar-refractivity contribution in [3.8, 4) is 16.2 Å². The van der Waals surface area contributed by atoms with Gasteiger partial charge in [-0.15, -0.1) is 11.3 Å². The third-order valence-corrected chi connectivity index (χ3v) is 6.33. The molecule has 27 heavy (non-hydrogen) atoms. The fourth-order valence-electron chi connectivity index (χ4n) is 3.80. The summed E-state index contributed by atoms with van der Waals surface area (Å²) in [4.78, 5) is 21.3. The van der Waals surface area contributed by atoms with Gasteiger partial charge in [0.15, 0.2) is 5.82 Å². The quantitative estimate of drug-likeness (QED) is 0.671. The average molecular weight is 381 g/mol. The van der Waals surface area contributed by atoms with Crippen LogP contribution in [0.2, 0.25) is 0 Å². The van der Waals surface area contributed by atoms with E-state index in [0.717, 1.165) is 46.0 Å². The second-order valence-corrected chi connectivity index (χ2v) is 8.07. The van der Waals surface area contributed by atoms with Gasteiger partial charge in [-0.05, 0) is 38.0 Å². The Morgan fingerprint density at radius 3 is 3.07 bits per heavy atom. The van der Waals surface area contributed by atoms with Crippen LogP contribution in [0.15, 0.2) is 34.9 Å². The monoisotopic (exact) mass is 381 g/mol. The van der Waals surface area contributed by atoms with E-state index in [1.165, 1.54) is 0 Å². The number of benzene rings is 1. The number of hydrogen-bond acceptors (Lipinski definition) is 6. The Kier molecular flexibility index (Phi) is 3.97. The van der Waals surface area contributed by atoms with Crippen molar-refractivity contribution in [3.63, 3.8) is 0 Å². The summed E-state index contributed by atoms with van der Waals surface area (Å²) in [5, 5.41) is 3.88. The van der Waals surface area contributed by atoms with Crippen molar-refractivity contribution in [1.82, 2.24) is 15.0 Å². The maximum Gasteiger partial charge on any atom is 0.263 e. The maximum atomic E-state index is 13.1. The topological polar surface area (TPSA) is 68.5 Å². The molecule has 1 saturated heterocycles. The summed E-state index contributed by atoms with van der Waals surface area (Å²) in [5.74, 6) is 2.35. The molecule has 5 rings (SSSR count). The van der Waals surface area contributed by atoms with E-state index in [4.69, 9.17) is 9.26 Å². The van der Waals surface area contributed by atoms with Crippen LogP contribution < -0.4 is 4.74 Å². The summed E-state index contributed by atoms with van der Waals surface area (Å²) < 4.78 is 11.1. The van der Waals surface area contributed by atoms with Gasteiger partial charge in [0.25, 0.3) is 5.91 Å². The number of piperidine rings is 1. The molecule has 0 aliphatic carbocycles. The lowest BCUT2D eigenvalue weighted by Crippen LogP contribution is -2.38. The van der Waals surface area contributed by atoms with E-state index in [-0.39, 0.29) is 11.8 Å². The highest BCUT2D eigenvalue weighted by molar-refractivity contribution is 7.17. The third kappa shape index (κ3) is 2.92. The summed E-state index contributed by atoms with van der Waals surface area (Å²) >= 11 is 1.56. The van der Waals surface area contributed by atoms with E-state index in [1.54, 1.807) is 11.3 Å². The van der Waals surface area contributed by atoms with Gasteiger partial charge in [-0.1, -0.05) is 17.3 Å². The highest BCUT2D eigenvalue weighted by Crippen LogP contribution is 2.42. The number of carbonyl (C=O) groups excluding carboxylic acids is 1. The normalized spacial score (nSPS) is 18.6. The lowest BCUT2D eigenvalue weighted by atomic mass is 9.98. The highest BCUT2D eigenvalue weighted by Gasteiger charge is 2.31. The smallest absolute Gasteiger partial charge is 0.263 e. The number of aryl methyl sites for hydroxylation is 1. The number of amides is 1. The first-order valence-corrected chi connectivity index (χ1v) is 9.95. The van der Waals surface area contributed by atoms with Gasteiger partial charge in [0.05, 0.1) is 10.8 Å². The summed E-state index contributed by atoms with van der Waals surface area (Å²) in [6, 6.07) is 9.98. The highest BCUT2D eigenvalue weighted by atomic mass is 32.1. The minimum atomic E-state index is 0.0767. The summed E-state index contributed by atoms with van der Waals surface area (Å²) in [5.41, 5.74) is 2.16. The van der Waals surface area contributed by atoms with Crippen molar-refractivity contribution in [2.75, 3.05) is 13.1 Å². The van der Waals surface area contributed by atoms with Crippen LogP contribution in [0.3, 0.4) is 0 Å². The van der Waals surface area contributed by atoms with Crippen LogP contribution in [0, 0.1) is 6.92 Å². The van der Waals surface area contributed by atoms with Gasteiger partial charge < -0.3 is 14.2 Å². The van der Waals surface area contributed by atoms with Crippen molar-refractivity contribution in [1.29, 1.82) is 0 Å². The van der Waals surface area contributed by atoms with Gasteiger partial charge >= 0.3 is 0 Å². The van der Waals surface area contributed by atoms with E-state index in [9.17, 15) is 4.79 Å². The Bertz CT molecular complexity index is 1010. The van der Waals surface area contributed by atoms with Gasteiger partial charge in [0.1, 0.15) is 12.4 Å². The Morgan fingerprint density at radius 2 is 2.22 bits per heavy atom. The van der Waals surface area contributed by atoms with Crippen molar-refractivity contribution in [2.45, 2.75) is 32.3 Å². The predicted octanol–water partition coefficient (Wildman–Crippen LogP) is 4.02. The zero-order valence-electron chi connectivity index (χ0n) is 15.0. The van der Waals surface area contributed by atoms with E-state index in [2.05, 4.69) is 10.1 Å². The van der Waals surface area contributed by atoms with Gasteiger partial charge in [0.2, 0.25) is 5.89 Å². The minimum Gasteiger partial charge on any atom is -0.488 e. The number of hydrogen-bond donors (Lipinski definition) is 0. The number of aromatic nitrogens is 2. The predicted molar refractivity (Wildman–Crippen MR) is 101 cm³/mol. The van der Waals surface area contributed by atoms with E-state index < -0.39 is 0 Å². The molecular weight excluding hydrogens is 362 g/mol. The number of fused-ring (bicyclic) bond motifs is 3. The van der Waals surface area contributed by atoms with E-state index in [0.29, 0.717) is 24.9 Å². The molecule has 2 aliphatic rings. The molecule has 6 nitrogen and oxygen atoms in total. The van der Waals surface area contributed by atoms with Gasteiger partial charge in [0, 0.05) is 29.1 Å². The Morgan fingerprint density at radius 1 is 1.33 bits per heavy atom. The molecule has 1 amide bonds. The number of thiophene rings is 1. The van der Waals surface area contributed by atoms with Crippen LogP contribution in [-0.4, -0.2) is 34.0 Å². The van der Waals surface area contributed by atoms with Gasteiger partial charge in [-0.2, -0.15) is 4.98 Å². The molecular formula is C20H19N3O3S. The second-order valence-electron chi connectivity index (χ2n) is 7.02. The molecule has 3 aromatic rings. The Hall–Kier alpha value is -2.67. The summed E-state index contributed by atoms with van der Waals surface area (Å²) in [7, 11) is 0. The van der Waals surface area contributed by atoms with Crippen LogP contribution in [-0.2, 0) is 6.61 Å². The molecule has 0 spiro atoms. The summed E-state index contributed by atoms with van der Waals surface area (Å²) in [6.07, 6.45) is 1.91. The van der Waals surface area contributed by atoms with Crippen molar-refractivity contribution >= 4 is 17.2 Å². The standard InChI is InChI=1S/C20H19N3O3S/c1-12-21-19(26-22-12)13-5-4-8-23(10-13)20(24)17-9-14-11-25-16-7-3-2-6-15(16)18(14)27-17/h2-3,6-7,9,13H,4-5,8,10-11H2,1H3. The first-order chi connectivity index (χ1) is 13.2.